The Bertz CT molecular complexity index is 299. The summed E-state index contributed by atoms with van der Waals surface area (Å²) in [5.74, 6) is -1.22. The molecule has 0 atom stereocenters. The second-order valence-electron chi connectivity index (χ2n) is 2.14. The Morgan fingerprint density at radius 1 is 1.33 bits per heavy atom. The highest BCUT2D eigenvalue weighted by atomic mass is 35.5. The van der Waals surface area contributed by atoms with Gasteiger partial charge in [-0.15, -0.1) is 0 Å². The highest BCUT2D eigenvalue weighted by Gasteiger charge is 2.17. The average Bonchev–Trinajstić information content (AvgIpc) is 2.04. The molecule has 0 saturated heterocycles. The summed E-state index contributed by atoms with van der Waals surface area (Å²) in [6.45, 7) is 0. The van der Waals surface area contributed by atoms with E-state index in [9.17, 15) is 9.18 Å². The molecule has 0 aliphatic carbocycles. The fourth-order valence-corrected chi connectivity index (χ4v) is 1.01. The van der Waals surface area contributed by atoms with Crippen molar-refractivity contribution >= 4 is 29.0 Å². The molecule has 0 amide bonds. The maximum atomic E-state index is 12.9. The molecule has 4 heteroatoms. The van der Waals surface area contributed by atoms with E-state index in [4.69, 9.17) is 23.2 Å². The molecule has 0 bridgehead atoms. The number of benzene rings is 1. The molecule has 0 aromatic heterocycles. The van der Waals surface area contributed by atoms with E-state index in [0.717, 1.165) is 0 Å². The zero-order valence-corrected chi connectivity index (χ0v) is 7.44. The topological polar surface area (TPSA) is 17.1 Å². The molecule has 1 rings (SSSR count). The van der Waals surface area contributed by atoms with Gasteiger partial charge >= 0.3 is 0 Å². The summed E-state index contributed by atoms with van der Waals surface area (Å²) in [4.78, 5) is 9.85. The van der Waals surface area contributed by atoms with Crippen LogP contribution in [0.2, 0.25) is 0 Å². The number of alkyl halides is 2. The van der Waals surface area contributed by atoms with Crippen LogP contribution in [-0.4, -0.2) is 10.6 Å². The maximum Gasteiger partial charge on any atom is 0.198 e. The second-order valence-corrected chi connectivity index (χ2v) is 3.24. The summed E-state index contributed by atoms with van der Waals surface area (Å²) in [5, 5.41) is 0. The van der Waals surface area contributed by atoms with Crippen LogP contribution in [-0.2, 0) is 0 Å². The Kier molecular flexibility index (Phi) is 3.06. The number of hydrogen-bond donors (Lipinski definition) is 0. The predicted molar refractivity (Wildman–Crippen MR) is 46.2 cm³/mol. The molecule has 0 aliphatic rings. The number of rotatable bonds is 2. The average molecular weight is 207 g/mol. The van der Waals surface area contributed by atoms with Gasteiger partial charge < -0.3 is 0 Å². The van der Waals surface area contributed by atoms with E-state index < -0.39 is 16.4 Å². The van der Waals surface area contributed by atoms with Crippen LogP contribution in [0.1, 0.15) is 10.4 Å². The molecular weight excluding hydrogens is 202 g/mol. The molecule has 1 aromatic rings. The van der Waals surface area contributed by atoms with Gasteiger partial charge in [0.15, 0.2) is 10.6 Å². The smallest absolute Gasteiger partial charge is 0.198 e. The van der Waals surface area contributed by atoms with E-state index in [-0.39, 0.29) is 5.56 Å². The normalized spacial score (nSPS) is 10.3. The Morgan fingerprint density at radius 2 is 1.92 bits per heavy atom. The Hall–Kier alpha value is -0.600. The van der Waals surface area contributed by atoms with Crippen molar-refractivity contribution in [3.05, 3.63) is 35.6 Å². The lowest BCUT2D eigenvalue weighted by atomic mass is 10.1. The van der Waals surface area contributed by atoms with Gasteiger partial charge in [-0.05, 0) is 12.1 Å². The molecule has 0 spiro atoms. The van der Waals surface area contributed by atoms with Crippen molar-refractivity contribution in [2.24, 2.45) is 0 Å². The quantitative estimate of drug-likeness (QED) is 0.538. The molecule has 0 aliphatic heterocycles. The largest absolute Gasteiger partial charge is 0.291 e. The molecule has 12 heavy (non-hydrogen) atoms. The van der Waals surface area contributed by atoms with Crippen LogP contribution in [0, 0.1) is 5.82 Å². The molecule has 0 fully saturated rings. The standard InChI is InChI=1S/C8H5Cl2FO/c9-8(10)7(12)5-3-1-2-4-6(5)11/h1-4,8H. The summed E-state index contributed by atoms with van der Waals surface area (Å²) in [7, 11) is 0. The number of Topliss-reactive ketones (excluding diaryl/α,β-unsaturated/α-hetero) is 1. The molecule has 0 N–H and O–H groups in total. The van der Waals surface area contributed by atoms with Gasteiger partial charge in [0.25, 0.3) is 0 Å². The van der Waals surface area contributed by atoms with E-state index in [0.29, 0.717) is 0 Å². The number of carbonyl (C=O) groups excluding carboxylic acids is 1. The first-order valence-electron chi connectivity index (χ1n) is 3.20. The van der Waals surface area contributed by atoms with Gasteiger partial charge in [-0.3, -0.25) is 4.79 Å². The van der Waals surface area contributed by atoms with Crippen molar-refractivity contribution in [3.8, 4) is 0 Å². The molecule has 0 radical (unpaired) electrons. The van der Waals surface area contributed by atoms with Crippen molar-refractivity contribution in [1.29, 1.82) is 0 Å². The van der Waals surface area contributed by atoms with Crippen LogP contribution < -0.4 is 0 Å². The lowest BCUT2D eigenvalue weighted by Crippen LogP contribution is -2.09. The van der Waals surface area contributed by atoms with Crippen molar-refractivity contribution in [2.75, 3.05) is 0 Å². The van der Waals surface area contributed by atoms with E-state index in [2.05, 4.69) is 0 Å². The van der Waals surface area contributed by atoms with Gasteiger partial charge in [0, 0.05) is 0 Å². The molecule has 0 saturated carbocycles. The first-order chi connectivity index (χ1) is 5.63. The second kappa shape index (κ2) is 3.87. The van der Waals surface area contributed by atoms with Gasteiger partial charge in [0.05, 0.1) is 5.56 Å². The van der Waals surface area contributed by atoms with Crippen LogP contribution in [0.15, 0.2) is 24.3 Å². The van der Waals surface area contributed by atoms with E-state index in [1.54, 1.807) is 6.07 Å². The van der Waals surface area contributed by atoms with E-state index in [1.165, 1.54) is 18.2 Å². The van der Waals surface area contributed by atoms with Gasteiger partial charge in [0.1, 0.15) is 5.82 Å². The lowest BCUT2D eigenvalue weighted by Gasteiger charge is -2.00. The SMILES string of the molecule is O=C(c1ccccc1F)C(Cl)Cl. The molecular formula is C8H5Cl2FO. The van der Waals surface area contributed by atoms with Crippen LogP contribution in [0.5, 0.6) is 0 Å². The van der Waals surface area contributed by atoms with Crippen molar-refractivity contribution in [2.45, 2.75) is 4.84 Å². The Balaban J connectivity index is 3.03. The lowest BCUT2D eigenvalue weighted by molar-refractivity contribution is 0.100. The molecule has 64 valence electrons. The zero-order chi connectivity index (χ0) is 9.14. The minimum absolute atomic E-state index is 0.0764. The van der Waals surface area contributed by atoms with Gasteiger partial charge in [0.2, 0.25) is 0 Å². The number of carbonyl (C=O) groups is 1. The summed E-state index contributed by atoms with van der Waals surface area (Å²) >= 11 is 10.6. The van der Waals surface area contributed by atoms with Crippen LogP contribution in [0.25, 0.3) is 0 Å². The number of halogens is 3. The van der Waals surface area contributed by atoms with Gasteiger partial charge in [-0.25, -0.2) is 4.39 Å². The van der Waals surface area contributed by atoms with Crippen LogP contribution in [0.3, 0.4) is 0 Å². The third-order valence-electron chi connectivity index (χ3n) is 1.34. The number of ketones is 1. The van der Waals surface area contributed by atoms with Crippen LogP contribution >= 0.6 is 23.2 Å². The van der Waals surface area contributed by atoms with Crippen molar-refractivity contribution in [3.63, 3.8) is 0 Å². The Labute approximate surface area is 79.1 Å². The Morgan fingerprint density at radius 3 is 2.42 bits per heavy atom. The first-order valence-corrected chi connectivity index (χ1v) is 4.07. The minimum atomic E-state index is -1.21. The predicted octanol–water partition coefficient (Wildman–Crippen LogP) is 2.81. The van der Waals surface area contributed by atoms with Gasteiger partial charge in [-0.2, -0.15) is 0 Å². The number of hydrogen-bond acceptors (Lipinski definition) is 1. The summed E-state index contributed by atoms with van der Waals surface area (Å²) in [5.41, 5.74) is -0.0764. The maximum absolute atomic E-state index is 12.9. The highest BCUT2D eigenvalue weighted by Crippen LogP contribution is 2.14. The molecule has 1 aromatic carbocycles. The first kappa shape index (κ1) is 9.49. The highest BCUT2D eigenvalue weighted by molar-refractivity contribution is 6.55. The molecule has 1 nitrogen and oxygen atoms in total. The van der Waals surface area contributed by atoms with Crippen LogP contribution in [0.4, 0.5) is 4.39 Å². The third kappa shape index (κ3) is 1.96. The zero-order valence-electron chi connectivity index (χ0n) is 5.93. The summed E-state index contributed by atoms with van der Waals surface area (Å²) < 4.78 is 12.9. The van der Waals surface area contributed by atoms with Gasteiger partial charge in [-0.1, -0.05) is 35.3 Å². The third-order valence-corrected chi connectivity index (χ3v) is 1.73. The molecule has 0 unspecified atom stereocenters. The molecule has 0 heterocycles. The summed E-state index contributed by atoms with van der Waals surface area (Å²) in [6.07, 6.45) is 0. The van der Waals surface area contributed by atoms with E-state index >= 15 is 0 Å². The van der Waals surface area contributed by atoms with Crippen molar-refractivity contribution < 1.29 is 9.18 Å². The fraction of sp³-hybridized carbons (Fsp3) is 0.125. The van der Waals surface area contributed by atoms with Crippen molar-refractivity contribution in [1.82, 2.24) is 0 Å². The summed E-state index contributed by atoms with van der Waals surface area (Å²) in [6, 6.07) is 5.56. The van der Waals surface area contributed by atoms with E-state index in [1.807, 2.05) is 0 Å². The monoisotopic (exact) mass is 206 g/mol. The fourth-order valence-electron chi connectivity index (χ4n) is 0.779. The minimum Gasteiger partial charge on any atom is -0.291 e.